The number of halogens is 2. The molecule has 1 aromatic heterocycles. The smallest absolute Gasteiger partial charge is 0.263 e. The number of nitrogens with zero attached hydrogens (tertiary/aromatic N) is 1. The van der Waals surface area contributed by atoms with Gasteiger partial charge in [0, 0.05) is 12.4 Å². The molecule has 0 unspecified atom stereocenters. The van der Waals surface area contributed by atoms with Gasteiger partial charge in [0.2, 0.25) is 0 Å². The highest BCUT2D eigenvalue weighted by molar-refractivity contribution is 9.10. The van der Waals surface area contributed by atoms with Crippen LogP contribution < -0.4 is 4.72 Å². The third-order valence-electron chi connectivity index (χ3n) is 2.48. The maximum Gasteiger partial charge on any atom is 0.263 e. The number of aliphatic hydroxyl groups is 1. The number of hydrogen-bond acceptors (Lipinski definition) is 4. The normalized spacial score (nSPS) is 11.3. The van der Waals surface area contributed by atoms with Gasteiger partial charge >= 0.3 is 0 Å². The molecule has 2 rings (SSSR count). The number of pyridine rings is 1. The van der Waals surface area contributed by atoms with Crippen molar-refractivity contribution in [3.8, 4) is 0 Å². The van der Waals surface area contributed by atoms with E-state index in [0.717, 1.165) is 0 Å². The minimum atomic E-state index is -3.85. The zero-order chi connectivity index (χ0) is 14.8. The van der Waals surface area contributed by atoms with E-state index < -0.39 is 10.0 Å². The number of nitrogens with one attached hydrogen (secondary N) is 1. The van der Waals surface area contributed by atoms with Gasteiger partial charge in [-0.3, -0.25) is 9.71 Å². The summed E-state index contributed by atoms with van der Waals surface area (Å²) in [6.07, 6.45) is 2.94. The molecule has 0 atom stereocenters. The van der Waals surface area contributed by atoms with Crippen molar-refractivity contribution >= 4 is 43.2 Å². The Morgan fingerprint density at radius 2 is 2.10 bits per heavy atom. The Balaban J connectivity index is 2.43. The molecule has 0 saturated carbocycles. The number of benzene rings is 1. The number of hydrogen-bond donors (Lipinski definition) is 2. The third kappa shape index (κ3) is 3.29. The molecule has 0 bridgehead atoms. The lowest BCUT2D eigenvalue weighted by Gasteiger charge is -2.11. The monoisotopic (exact) mass is 376 g/mol. The summed E-state index contributed by atoms with van der Waals surface area (Å²) in [4.78, 5) is 3.76. The van der Waals surface area contributed by atoms with Gasteiger partial charge in [-0.15, -0.1) is 0 Å². The first-order chi connectivity index (χ1) is 9.44. The summed E-state index contributed by atoms with van der Waals surface area (Å²) in [6, 6.07) is 5.85. The standard InChI is InChI=1S/C12H10BrClN2O3S/c13-9-6-15-4-3-11(9)16-20(18,19)12-5-8(7-17)1-2-10(12)14/h1-6,17H,7H2,(H,15,16). The highest BCUT2D eigenvalue weighted by Crippen LogP contribution is 2.27. The lowest BCUT2D eigenvalue weighted by molar-refractivity contribution is 0.281. The van der Waals surface area contributed by atoms with Crippen LogP contribution in [0.15, 0.2) is 46.0 Å². The van der Waals surface area contributed by atoms with Gasteiger partial charge in [-0.1, -0.05) is 17.7 Å². The lowest BCUT2D eigenvalue weighted by atomic mass is 10.2. The first-order valence-electron chi connectivity index (χ1n) is 5.45. The average Bonchev–Trinajstić information content (AvgIpc) is 2.41. The van der Waals surface area contributed by atoms with Gasteiger partial charge in [-0.2, -0.15) is 0 Å². The third-order valence-corrected chi connectivity index (χ3v) is 4.96. The molecule has 1 aromatic carbocycles. The summed E-state index contributed by atoms with van der Waals surface area (Å²) in [5.41, 5.74) is 0.814. The van der Waals surface area contributed by atoms with Crippen molar-refractivity contribution in [2.24, 2.45) is 0 Å². The summed E-state index contributed by atoms with van der Waals surface area (Å²) in [7, 11) is -3.85. The second-order valence-corrected chi connectivity index (χ2v) is 6.80. The molecular weight excluding hydrogens is 368 g/mol. The molecule has 20 heavy (non-hydrogen) atoms. The van der Waals surface area contributed by atoms with Crippen LogP contribution in [0.2, 0.25) is 5.02 Å². The van der Waals surface area contributed by atoms with Gasteiger partial charge in [0.15, 0.2) is 0 Å². The zero-order valence-electron chi connectivity index (χ0n) is 10.0. The Morgan fingerprint density at radius 1 is 1.35 bits per heavy atom. The fourth-order valence-electron chi connectivity index (χ4n) is 1.51. The number of aliphatic hydroxyl groups excluding tert-OH is 1. The van der Waals surface area contributed by atoms with Gasteiger partial charge < -0.3 is 5.11 Å². The minimum Gasteiger partial charge on any atom is -0.392 e. The van der Waals surface area contributed by atoms with Crippen LogP contribution in [0.5, 0.6) is 0 Å². The molecule has 0 fully saturated rings. The molecule has 1 heterocycles. The van der Waals surface area contributed by atoms with Gasteiger partial charge in [0.25, 0.3) is 10.0 Å². The molecule has 0 spiro atoms. The molecule has 0 aliphatic heterocycles. The van der Waals surface area contributed by atoms with E-state index in [1.165, 1.54) is 30.6 Å². The van der Waals surface area contributed by atoms with Crippen molar-refractivity contribution in [2.75, 3.05) is 4.72 Å². The fourth-order valence-corrected chi connectivity index (χ4v) is 3.62. The summed E-state index contributed by atoms with van der Waals surface area (Å²) in [5, 5.41) is 9.16. The molecule has 106 valence electrons. The van der Waals surface area contributed by atoms with Crippen LogP contribution >= 0.6 is 27.5 Å². The summed E-state index contributed by atoms with van der Waals surface area (Å²) < 4.78 is 27.6. The predicted molar refractivity (Wildman–Crippen MR) is 80.1 cm³/mol. The highest BCUT2D eigenvalue weighted by atomic mass is 79.9. The highest BCUT2D eigenvalue weighted by Gasteiger charge is 2.19. The van der Waals surface area contributed by atoms with E-state index >= 15 is 0 Å². The SMILES string of the molecule is O=S(=O)(Nc1ccncc1Br)c1cc(CO)ccc1Cl. The van der Waals surface area contributed by atoms with Crippen LogP contribution in [-0.2, 0) is 16.6 Å². The molecule has 5 nitrogen and oxygen atoms in total. The largest absolute Gasteiger partial charge is 0.392 e. The summed E-state index contributed by atoms with van der Waals surface area (Å²) in [5.74, 6) is 0. The van der Waals surface area contributed by atoms with E-state index in [0.29, 0.717) is 15.7 Å². The Hall–Kier alpha value is -1.15. The van der Waals surface area contributed by atoms with E-state index in [2.05, 4.69) is 25.6 Å². The fraction of sp³-hybridized carbons (Fsp3) is 0.0833. The molecule has 0 aliphatic carbocycles. The lowest BCUT2D eigenvalue weighted by Crippen LogP contribution is -2.14. The summed E-state index contributed by atoms with van der Waals surface area (Å²) >= 11 is 9.12. The van der Waals surface area contributed by atoms with E-state index in [4.69, 9.17) is 16.7 Å². The molecule has 0 aliphatic rings. The Morgan fingerprint density at radius 3 is 2.75 bits per heavy atom. The number of rotatable bonds is 4. The molecule has 2 N–H and O–H groups in total. The van der Waals surface area contributed by atoms with Crippen LogP contribution in [0.3, 0.4) is 0 Å². The maximum absolute atomic E-state index is 12.3. The molecule has 2 aromatic rings. The van der Waals surface area contributed by atoms with Crippen molar-refractivity contribution < 1.29 is 13.5 Å². The Bertz CT molecular complexity index is 737. The molecule has 0 amide bonds. The van der Waals surface area contributed by atoms with Gasteiger partial charge in [0.1, 0.15) is 4.90 Å². The number of anilines is 1. The molecule has 0 saturated heterocycles. The van der Waals surface area contributed by atoms with Gasteiger partial charge in [-0.25, -0.2) is 8.42 Å². The van der Waals surface area contributed by atoms with E-state index in [1.807, 2.05) is 0 Å². The second kappa shape index (κ2) is 6.09. The second-order valence-electron chi connectivity index (χ2n) is 3.88. The molecule has 8 heteroatoms. The van der Waals surface area contributed by atoms with Crippen LogP contribution in [0.1, 0.15) is 5.56 Å². The maximum atomic E-state index is 12.3. The zero-order valence-corrected chi connectivity index (χ0v) is 13.2. The van der Waals surface area contributed by atoms with Crippen molar-refractivity contribution in [1.29, 1.82) is 0 Å². The molecule has 0 radical (unpaired) electrons. The van der Waals surface area contributed by atoms with Crippen LogP contribution in [0, 0.1) is 0 Å². The Kier molecular flexibility index (Phi) is 4.64. The van der Waals surface area contributed by atoms with Crippen LogP contribution in [-0.4, -0.2) is 18.5 Å². The van der Waals surface area contributed by atoms with Crippen molar-refractivity contribution in [3.05, 3.63) is 51.7 Å². The number of sulfonamides is 1. The Labute approximate surface area is 129 Å². The quantitative estimate of drug-likeness (QED) is 0.858. The van der Waals surface area contributed by atoms with E-state index in [1.54, 1.807) is 6.07 Å². The first-order valence-corrected chi connectivity index (χ1v) is 8.11. The number of aromatic nitrogens is 1. The minimum absolute atomic E-state index is 0.0832. The average molecular weight is 378 g/mol. The van der Waals surface area contributed by atoms with Crippen LogP contribution in [0.4, 0.5) is 5.69 Å². The van der Waals surface area contributed by atoms with E-state index in [9.17, 15) is 8.42 Å². The topological polar surface area (TPSA) is 79.3 Å². The van der Waals surface area contributed by atoms with E-state index in [-0.39, 0.29) is 16.5 Å². The first kappa shape index (κ1) is 15.2. The van der Waals surface area contributed by atoms with Crippen molar-refractivity contribution in [1.82, 2.24) is 4.98 Å². The van der Waals surface area contributed by atoms with Crippen molar-refractivity contribution in [2.45, 2.75) is 11.5 Å². The predicted octanol–water partition coefficient (Wildman–Crippen LogP) is 2.79. The van der Waals surface area contributed by atoms with Gasteiger partial charge in [0.05, 0.1) is 21.8 Å². The van der Waals surface area contributed by atoms with Crippen molar-refractivity contribution in [3.63, 3.8) is 0 Å². The summed E-state index contributed by atoms with van der Waals surface area (Å²) in [6.45, 7) is -0.265. The van der Waals surface area contributed by atoms with Crippen LogP contribution in [0.25, 0.3) is 0 Å². The van der Waals surface area contributed by atoms with Gasteiger partial charge in [-0.05, 0) is 39.7 Å². The molecular formula is C12H10BrClN2O3S.